The lowest BCUT2D eigenvalue weighted by molar-refractivity contribution is -0.148. The number of aliphatic hydroxyl groups is 1. The van der Waals surface area contributed by atoms with Gasteiger partial charge in [0, 0.05) is 5.92 Å². The Balaban J connectivity index is 2.17. The van der Waals surface area contributed by atoms with Crippen LogP contribution in [-0.4, -0.2) is 42.2 Å². The number of sulfone groups is 1. The van der Waals surface area contributed by atoms with E-state index in [4.69, 9.17) is 0 Å². The van der Waals surface area contributed by atoms with E-state index in [0.717, 1.165) is 12.0 Å². The van der Waals surface area contributed by atoms with Crippen molar-refractivity contribution < 1.29 is 23.4 Å². The molecule has 1 aliphatic heterocycles. The van der Waals surface area contributed by atoms with Gasteiger partial charge in [0.05, 0.1) is 23.0 Å². The molecule has 0 aromatic heterocycles. The van der Waals surface area contributed by atoms with Crippen LogP contribution >= 0.6 is 0 Å². The molecule has 0 spiro atoms. The van der Waals surface area contributed by atoms with Gasteiger partial charge in [0.2, 0.25) is 0 Å². The standard InChI is InChI=1S/C15H18O5S/c16-13-9-21(19,20)8-12(13)15(14(17)18)7-3-5-10-4-1-2-6-11(10)15/h1-2,4,6,12-13,16H,3,5,7-9H2,(H,17,18). The second kappa shape index (κ2) is 4.81. The summed E-state index contributed by atoms with van der Waals surface area (Å²) in [6.07, 6.45) is 0.737. The molecule has 3 rings (SSSR count). The lowest BCUT2D eigenvalue weighted by Gasteiger charge is -2.40. The first-order valence-electron chi connectivity index (χ1n) is 7.07. The van der Waals surface area contributed by atoms with E-state index in [1.807, 2.05) is 12.1 Å². The molecule has 0 radical (unpaired) electrons. The minimum atomic E-state index is -3.38. The number of fused-ring (bicyclic) bond motifs is 1. The predicted octanol–water partition coefficient (Wildman–Crippen LogP) is 0.751. The highest BCUT2D eigenvalue weighted by atomic mass is 32.2. The number of rotatable bonds is 2. The lowest BCUT2D eigenvalue weighted by atomic mass is 9.62. The van der Waals surface area contributed by atoms with Gasteiger partial charge in [-0.1, -0.05) is 24.3 Å². The number of aliphatic hydroxyl groups excluding tert-OH is 1. The van der Waals surface area contributed by atoms with Gasteiger partial charge in [0.25, 0.3) is 0 Å². The maximum Gasteiger partial charge on any atom is 0.314 e. The van der Waals surface area contributed by atoms with Crippen molar-refractivity contribution in [3.63, 3.8) is 0 Å². The van der Waals surface area contributed by atoms with Crippen molar-refractivity contribution in [1.29, 1.82) is 0 Å². The molecule has 0 bridgehead atoms. The molecule has 0 amide bonds. The van der Waals surface area contributed by atoms with Crippen LogP contribution in [0, 0.1) is 5.92 Å². The van der Waals surface area contributed by atoms with E-state index in [-0.39, 0.29) is 11.5 Å². The van der Waals surface area contributed by atoms with Crippen LogP contribution in [0.4, 0.5) is 0 Å². The molecule has 1 saturated heterocycles. The van der Waals surface area contributed by atoms with Crippen molar-refractivity contribution in [2.45, 2.75) is 30.8 Å². The zero-order valence-corrected chi connectivity index (χ0v) is 12.3. The quantitative estimate of drug-likeness (QED) is 0.841. The molecule has 3 atom stereocenters. The fourth-order valence-electron chi connectivity index (χ4n) is 3.93. The van der Waals surface area contributed by atoms with Crippen LogP contribution in [0.3, 0.4) is 0 Å². The predicted molar refractivity (Wildman–Crippen MR) is 76.8 cm³/mol. The topological polar surface area (TPSA) is 91.7 Å². The van der Waals surface area contributed by atoms with Crippen molar-refractivity contribution in [2.24, 2.45) is 5.92 Å². The van der Waals surface area contributed by atoms with E-state index in [9.17, 15) is 23.4 Å². The molecule has 2 N–H and O–H groups in total. The van der Waals surface area contributed by atoms with Gasteiger partial charge in [-0.2, -0.15) is 0 Å². The number of aliphatic carboxylic acids is 1. The Morgan fingerprint density at radius 1 is 1.24 bits per heavy atom. The molecule has 1 aliphatic carbocycles. The summed E-state index contributed by atoms with van der Waals surface area (Å²) in [5, 5.41) is 20.1. The Morgan fingerprint density at radius 2 is 1.95 bits per heavy atom. The molecule has 1 heterocycles. The first-order chi connectivity index (χ1) is 9.87. The number of aryl methyl sites for hydroxylation is 1. The van der Waals surface area contributed by atoms with Gasteiger partial charge in [-0.15, -0.1) is 0 Å². The number of hydrogen-bond donors (Lipinski definition) is 2. The average Bonchev–Trinajstić information content (AvgIpc) is 2.71. The van der Waals surface area contributed by atoms with Crippen LogP contribution in [0.15, 0.2) is 24.3 Å². The summed E-state index contributed by atoms with van der Waals surface area (Å²) in [7, 11) is -3.38. The summed E-state index contributed by atoms with van der Waals surface area (Å²) >= 11 is 0. The summed E-state index contributed by atoms with van der Waals surface area (Å²) in [6.45, 7) is 0. The van der Waals surface area contributed by atoms with Gasteiger partial charge >= 0.3 is 5.97 Å². The smallest absolute Gasteiger partial charge is 0.314 e. The molecule has 1 fully saturated rings. The highest BCUT2D eigenvalue weighted by Crippen LogP contribution is 2.47. The van der Waals surface area contributed by atoms with E-state index < -0.39 is 33.2 Å². The zero-order chi connectivity index (χ0) is 15.3. The summed E-state index contributed by atoms with van der Waals surface area (Å²) in [5.74, 6) is -2.40. The number of carboxylic acid groups (broad SMARTS) is 1. The Kier molecular flexibility index (Phi) is 3.33. The number of hydrogen-bond acceptors (Lipinski definition) is 4. The lowest BCUT2D eigenvalue weighted by Crippen LogP contribution is -2.49. The second-order valence-electron chi connectivity index (χ2n) is 6.04. The minimum absolute atomic E-state index is 0.255. The van der Waals surface area contributed by atoms with Gasteiger partial charge in [0.1, 0.15) is 0 Å². The fourth-order valence-corrected chi connectivity index (χ4v) is 5.87. The summed E-state index contributed by atoms with van der Waals surface area (Å²) in [5.41, 5.74) is 0.324. The number of carbonyl (C=O) groups is 1. The maximum atomic E-state index is 12.1. The molecule has 0 saturated carbocycles. The Hall–Kier alpha value is -1.40. The third-order valence-corrected chi connectivity index (χ3v) is 6.57. The van der Waals surface area contributed by atoms with Crippen molar-refractivity contribution in [1.82, 2.24) is 0 Å². The monoisotopic (exact) mass is 310 g/mol. The number of benzene rings is 1. The van der Waals surface area contributed by atoms with Gasteiger partial charge in [-0.25, -0.2) is 8.42 Å². The van der Waals surface area contributed by atoms with Crippen LogP contribution < -0.4 is 0 Å². The van der Waals surface area contributed by atoms with Crippen molar-refractivity contribution in [3.8, 4) is 0 Å². The molecule has 1 aromatic carbocycles. The van der Waals surface area contributed by atoms with Gasteiger partial charge in [0.15, 0.2) is 9.84 Å². The van der Waals surface area contributed by atoms with E-state index in [0.29, 0.717) is 18.4 Å². The Labute approximate surface area is 123 Å². The van der Waals surface area contributed by atoms with Gasteiger partial charge in [-0.3, -0.25) is 4.79 Å². The third-order valence-electron chi connectivity index (χ3n) is 4.85. The molecule has 21 heavy (non-hydrogen) atoms. The first-order valence-corrected chi connectivity index (χ1v) is 8.89. The third kappa shape index (κ3) is 2.17. The molecule has 6 heteroatoms. The Morgan fingerprint density at radius 3 is 2.57 bits per heavy atom. The van der Waals surface area contributed by atoms with Crippen molar-refractivity contribution >= 4 is 15.8 Å². The maximum absolute atomic E-state index is 12.1. The van der Waals surface area contributed by atoms with E-state index >= 15 is 0 Å². The molecule has 3 unspecified atom stereocenters. The van der Waals surface area contributed by atoms with Crippen LogP contribution in [-0.2, 0) is 26.5 Å². The molecular weight excluding hydrogens is 292 g/mol. The summed E-state index contributed by atoms with van der Waals surface area (Å²) in [4.78, 5) is 12.1. The fraction of sp³-hybridized carbons (Fsp3) is 0.533. The van der Waals surface area contributed by atoms with Crippen molar-refractivity contribution in [3.05, 3.63) is 35.4 Å². The van der Waals surface area contributed by atoms with E-state index in [1.165, 1.54) is 0 Å². The second-order valence-corrected chi connectivity index (χ2v) is 8.19. The first kappa shape index (κ1) is 14.5. The number of carboxylic acids is 1. The van der Waals surface area contributed by atoms with E-state index in [1.54, 1.807) is 12.1 Å². The van der Waals surface area contributed by atoms with Gasteiger partial charge < -0.3 is 10.2 Å². The largest absolute Gasteiger partial charge is 0.481 e. The van der Waals surface area contributed by atoms with Crippen LogP contribution in [0.25, 0.3) is 0 Å². The highest BCUT2D eigenvalue weighted by molar-refractivity contribution is 7.91. The van der Waals surface area contributed by atoms with Crippen LogP contribution in [0.2, 0.25) is 0 Å². The van der Waals surface area contributed by atoms with Crippen LogP contribution in [0.1, 0.15) is 24.0 Å². The minimum Gasteiger partial charge on any atom is -0.481 e. The summed E-state index contributed by atoms with van der Waals surface area (Å²) < 4.78 is 23.6. The Bertz CT molecular complexity index is 681. The van der Waals surface area contributed by atoms with Crippen LogP contribution in [0.5, 0.6) is 0 Å². The molecule has 1 aromatic rings. The summed E-state index contributed by atoms with van der Waals surface area (Å²) in [6, 6.07) is 7.29. The average molecular weight is 310 g/mol. The molecule has 5 nitrogen and oxygen atoms in total. The normalized spacial score (nSPS) is 34.3. The SMILES string of the molecule is O=C(O)C1(C2CS(=O)(=O)CC2O)CCCc2ccccc21. The van der Waals surface area contributed by atoms with Gasteiger partial charge in [-0.05, 0) is 30.4 Å². The molecule has 2 aliphatic rings. The van der Waals surface area contributed by atoms with E-state index in [2.05, 4.69) is 0 Å². The molecule has 114 valence electrons. The zero-order valence-electron chi connectivity index (χ0n) is 11.5. The van der Waals surface area contributed by atoms with Crippen molar-refractivity contribution in [2.75, 3.05) is 11.5 Å². The highest BCUT2D eigenvalue weighted by Gasteiger charge is 2.56. The molecular formula is C15H18O5S.